The number of benzene rings is 1. The average Bonchev–Trinajstić information content (AvgIpc) is 2.71. The third-order valence-electron chi connectivity index (χ3n) is 7.93. The third kappa shape index (κ3) is 0.833. The highest BCUT2D eigenvalue weighted by molar-refractivity contribution is 5.55. The lowest BCUT2D eigenvalue weighted by atomic mass is 9.54. The second kappa shape index (κ2) is 3.10. The van der Waals surface area contributed by atoms with Gasteiger partial charge in [0.2, 0.25) is 0 Å². The topological polar surface area (TPSA) is 0 Å². The first-order valence-corrected chi connectivity index (χ1v) is 8.34. The van der Waals surface area contributed by atoms with E-state index in [-0.39, 0.29) is 0 Å². The summed E-state index contributed by atoms with van der Waals surface area (Å²) >= 11 is 0. The fourth-order valence-corrected chi connectivity index (χ4v) is 7.80. The van der Waals surface area contributed by atoms with E-state index in [4.69, 9.17) is 0 Å². The van der Waals surface area contributed by atoms with Gasteiger partial charge in [-0.3, -0.25) is 0 Å². The van der Waals surface area contributed by atoms with Crippen LogP contribution in [0.4, 0.5) is 0 Å². The van der Waals surface area contributed by atoms with Crippen LogP contribution in [0.2, 0.25) is 0 Å². The summed E-state index contributed by atoms with van der Waals surface area (Å²) in [6.07, 6.45) is 10.5. The smallest absolute Gasteiger partial charge is 0.0108 e. The van der Waals surface area contributed by atoms with Gasteiger partial charge < -0.3 is 0 Å². The van der Waals surface area contributed by atoms with E-state index in [0.717, 1.165) is 17.3 Å². The lowest BCUT2D eigenvalue weighted by Crippen LogP contribution is -2.46. The average molecular weight is 252 g/mol. The van der Waals surface area contributed by atoms with Crippen LogP contribution in [0.15, 0.2) is 30.3 Å². The van der Waals surface area contributed by atoms with E-state index in [2.05, 4.69) is 37.3 Å². The first-order chi connectivity index (χ1) is 9.29. The van der Waals surface area contributed by atoms with E-state index >= 15 is 0 Å². The molecule has 4 aliphatic rings. The third-order valence-corrected chi connectivity index (χ3v) is 7.93. The second-order valence-electron chi connectivity index (χ2n) is 7.83. The van der Waals surface area contributed by atoms with Crippen molar-refractivity contribution < 1.29 is 0 Å². The summed E-state index contributed by atoms with van der Waals surface area (Å²) in [6, 6.07) is 11.6. The van der Waals surface area contributed by atoms with Crippen LogP contribution in [0.3, 0.4) is 0 Å². The van der Waals surface area contributed by atoms with Gasteiger partial charge in [-0.25, -0.2) is 0 Å². The van der Waals surface area contributed by atoms with Crippen LogP contribution < -0.4 is 0 Å². The predicted octanol–water partition coefficient (Wildman–Crippen LogP) is 4.93. The molecule has 0 radical (unpaired) electrons. The van der Waals surface area contributed by atoms with Gasteiger partial charge >= 0.3 is 0 Å². The molecule has 100 valence electrons. The van der Waals surface area contributed by atoms with Crippen molar-refractivity contribution in [2.24, 2.45) is 22.7 Å². The van der Waals surface area contributed by atoms with E-state index in [9.17, 15) is 0 Å². The molecule has 4 fully saturated rings. The summed E-state index contributed by atoms with van der Waals surface area (Å²) < 4.78 is 0. The molecule has 0 aromatic heterocycles. The first kappa shape index (κ1) is 10.9. The molecule has 4 saturated carbocycles. The summed E-state index contributed by atoms with van der Waals surface area (Å²) in [7, 11) is 0. The molecule has 0 N–H and O–H groups in total. The van der Waals surface area contributed by atoms with E-state index in [1.54, 1.807) is 5.56 Å². The minimum Gasteiger partial charge on any atom is -0.0622 e. The molecule has 0 saturated heterocycles. The van der Waals surface area contributed by atoms with Crippen molar-refractivity contribution in [3.05, 3.63) is 35.9 Å². The van der Waals surface area contributed by atoms with Gasteiger partial charge in [0, 0.05) is 5.41 Å². The molecule has 4 aliphatic carbocycles. The Kier molecular flexibility index (Phi) is 1.79. The van der Waals surface area contributed by atoms with Crippen LogP contribution in [0.1, 0.15) is 57.4 Å². The van der Waals surface area contributed by atoms with Crippen molar-refractivity contribution in [1.82, 2.24) is 0 Å². The van der Waals surface area contributed by atoms with Crippen molar-refractivity contribution in [3.63, 3.8) is 0 Å². The van der Waals surface area contributed by atoms with E-state index in [1.165, 1.54) is 44.9 Å². The van der Waals surface area contributed by atoms with Crippen molar-refractivity contribution in [2.75, 3.05) is 0 Å². The maximum Gasteiger partial charge on any atom is 0.0108 e. The predicted molar refractivity (Wildman–Crippen MR) is 78.0 cm³/mol. The molecule has 1 spiro atoms. The van der Waals surface area contributed by atoms with Crippen molar-refractivity contribution in [2.45, 2.75) is 57.3 Å². The molecule has 19 heavy (non-hydrogen) atoms. The molecular formula is C19H24. The zero-order valence-electron chi connectivity index (χ0n) is 12.0. The van der Waals surface area contributed by atoms with Crippen molar-refractivity contribution >= 4 is 0 Å². The fraction of sp³-hybridized carbons (Fsp3) is 0.684. The Hall–Kier alpha value is -0.780. The molecule has 0 bridgehead atoms. The monoisotopic (exact) mass is 252 g/mol. The lowest BCUT2D eigenvalue weighted by Gasteiger charge is -2.49. The highest BCUT2D eigenvalue weighted by Gasteiger charge is 2.95. The Morgan fingerprint density at radius 3 is 2.47 bits per heavy atom. The summed E-state index contributed by atoms with van der Waals surface area (Å²) in [5, 5.41) is 0. The Bertz CT molecular complexity index is 532. The quantitative estimate of drug-likeness (QED) is 0.664. The van der Waals surface area contributed by atoms with E-state index in [1.807, 2.05) is 0 Å². The molecule has 0 heterocycles. The number of hydrogen-bond donors (Lipinski definition) is 0. The second-order valence-corrected chi connectivity index (χ2v) is 7.83. The van der Waals surface area contributed by atoms with E-state index < -0.39 is 0 Å². The largest absolute Gasteiger partial charge is 0.0622 e. The Morgan fingerprint density at radius 1 is 0.895 bits per heavy atom. The van der Waals surface area contributed by atoms with Gasteiger partial charge in [0.15, 0.2) is 0 Å². The number of fused-ring (bicyclic) bond motifs is 3. The van der Waals surface area contributed by atoms with Crippen LogP contribution >= 0.6 is 0 Å². The van der Waals surface area contributed by atoms with Crippen LogP contribution in [-0.4, -0.2) is 0 Å². The molecule has 5 atom stereocenters. The van der Waals surface area contributed by atoms with Crippen molar-refractivity contribution in [3.8, 4) is 0 Å². The minimum absolute atomic E-state index is 0.596. The molecule has 0 amide bonds. The molecule has 0 aliphatic heterocycles. The van der Waals surface area contributed by atoms with Crippen LogP contribution in [0.25, 0.3) is 0 Å². The van der Waals surface area contributed by atoms with Gasteiger partial charge in [0.1, 0.15) is 0 Å². The zero-order chi connectivity index (χ0) is 12.7. The Labute approximate surface area is 116 Å². The molecular weight excluding hydrogens is 228 g/mol. The molecule has 5 rings (SSSR count). The number of rotatable bonds is 1. The van der Waals surface area contributed by atoms with Crippen LogP contribution in [0.5, 0.6) is 0 Å². The number of hydrogen-bond acceptors (Lipinski definition) is 0. The normalized spacial score (nSPS) is 53.7. The standard InChI is InChI=1S/C19H24/c1-17-12-5-6-13-18(17)15-10-7-11-16(15)19(17,18)14-8-3-2-4-9-14/h2-4,8-9,15-16H,5-7,10-13H2,1H3/t15-,16+,17-,18+,19+/m0/s1. The minimum atomic E-state index is 0.596. The fourth-order valence-electron chi connectivity index (χ4n) is 7.80. The highest BCUT2D eigenvalue weighted by atomic mass is 15.0. The highest BCUT2D eigenvalue weighted by Crippen LogP contribution is 2.98. The Balaban J connectivity index is 1.72. The molecule has 0 nitrogen and oxygen atoms in total. The van der Waals surface area contributed by atoms with Crippen LogP contribution in [0, 0.1) is 22.7 Å². The maximum absolute atomic E-state index is 2.65. The van der Waals surface area contributed by atoms with Gasteiger partial charge in [-0.15, -0.1) is 0 Å². The maximum atomic E-state index is 2.65. The summed E-state index contributed by atoms with van der Waals surface area (Å²) in [5.74, 6) is 2.11. The van der Waals surface area contributed by atoms with Crippen LogP contribution in [-0.2, 0) is 5.41 Å². The van der Waals surface area contributed by atoms with Gasteiger partial charge in [-0.05, 0) is 53.9 Å². The van der Waals surface area contributed by atoms with Gasteiger partial charge in [-0.2, -0.15) is 0 Å². The van der Waals surface area contributed by atoms with Gasteiger partial charge in [-0.1, -0.05) is 56.5 Å². The zero-order valence-corrected chi connectivity index (χ0v) is 12.0. The Morgan fingerprint density at radius 2 is 1.63 bits per heavy atom. The van der Waals surface area contributed by atoms with Gasteiger partial charge in [0.25, 0.3) is 0 Å². The molecule has 1 aromatic carbocycles. The van der Waals surface area contributed by atoms with Crippen molar-refractivity contribution in [1.29, 1.82) is 0 Å². The molecule has 0 unspecified atom stereocenters. The summed E-state index contributed by atoms with van der Waals surface area (Å²) in [4.78, 5) is 0. The summed E-state index contributed by atoms with van der Waals surface area (Å²) in [5.41, 5.74) is 3.66. The molecule has 1 aromatic rings. The van der Waals surface area contributed by atoms with E-state index in [0.29, 0.717) is 10.8 Å². The summed E-state index contributed by atoms with van der Waals surface area (Å²) in [6.45, 7) is 2.65. The van der Waals surface area contributed by atoms with Gasteiger partial charge in [0.05, 0.1) is 0 Å². The first-order valence-electron chi connectivity index (χ1n) is 8.34. The lowest BCUT2D eigenvalue weighted by molar-refractivity contribution is 0.0412. The SMILES string of the molecule is C[C@]12CCCC[C@@]13[C@H]1CCC[C@H]1[C@]23c1ccccc1. The molecule has 0 heteroatoms.